The average molecular weight is 504 g/mol. The summed E-state index contributed by atoms with van der Waals surface area (Å²) in [5.74, 6) is 0.821. The molecule has 0 fully saturated rings. The van der Waals surface area contributed by atoms with Crippen LogP contribution in [0.5, 0.6) is 5.75 Å². The molecular weight excluding hydrogens is 470 g/mol. The summed E-state index contributed by atoms with van der Waals surface area (Å²) in [5, 5.41) is 16.8. The van der Waals surface area contributed by atoms with E-state index in [1.165, 1.54) is 6.20 Å². The smallest absolute Gasteiger partial charge is 0.227 e. The van der Waals surface area contributed by atoms with Gasteiger partial charge in [0, 0.05) is 62.1 Å². The summed E-state index contributed by atoms with van der Waals surface area (Å²) < 4.78 is 7.66. The van der Waals surface area contributed by atoms with E-state index in [4.69, 9.17) is 21.2 Å². The molecule has 2 aromatic carbocycles. The SMILES string of the molecule is COc1cc(N(C)CCN(C)C)c(N)cc1Nc1ncc(/C(N)=N/O)c(-c2cn(C)c3ccccc23)n1. The van der Waals surface area contributed by atoms with Gasteiger partial charge in [0.05, 0.1) is 35.4 Å². The van der Waals surface area contributed by atoms with Gasteiger partial charge in [-0.05, 0) is 26.2 Å². The van der Waals surface area contributed by atoms with Crippen molar-refractivity contribution in [2.75, 3.05) is 57.3 Å². The Kier molecular flexibility index (Phi) is 7.35. The molecule has 0 saturated heterocycles. The number of nitrogens with one attached hydrogen (secondary N) is 1. The first-order chi connectivity index (χ1) is 17.7. The summed E-state index contributed by atoms with van der Waals surface area (Å²) in [5.41, 5.74) is 17.3. The maximum absolute atomic E-state index is 9.37. The number of methoxy groups -OCH3 is 1. The summed E-state index contributed by atoms with van der Waals surface area (Å²) in [6, 6.07) is 11.7. The van der Waals surface area contributed by atoms with Crippen LogP contribution in [-0.4, -0.2) is 71.8 Å². The van der Waals surface area contributed by atoms with E-state index in [-0.39, 0.29) is 5.84 Å². The maximum Gasteiger partial charge on any atom is 0.227 e. The summed E-state index contributed by atoms with van der Waals surface area (Å²) in [6.07, 6.45) is 3.49. The van der Waals surface area contributed by atoms with Gasteiger partial charge in [0.2, 0.25) is 5.95 Å². The first kappa shape index (κ1) is 25.6. The highest BCUT2D eigenvalue weighted by Gasteiger charge is 2.19. The van der Waals surface area contributed by atoms with Crippen molar-refractivity contribution in [1.29, 1.82) is 0 Å². The van der Waals surface area contributed by atoms with Crippen LogP contribution < -0.4 is 26.4 Å². The molecule has 0 amide bonds. The van der Waals surface area contributed by atoms with Crippen molar-refractivity contribution in [3.8, 4) is 17.0 Å². The molecule has 0 spiro atoms. The Morgan fingerprint density at radius 3 is 2.65 bits per heavy atom. The van der Waals surface area contributed by atoms with Crippen molar-refractivity contribution in [3.63, 3.8) is 0 Å². The van der Waals surface area contributed by atoms with Crippen LogP contribution in [0.4, 0.5) is 23.0 Å². The molecule has 11 nitrogen and oxygen atoms in total. The number of aromatic nitrogens is 3. The number of nitrogens with zero attached hydrogens (tertiary/aromatic N) is 6. The topological polar surface area (TPSA) is 143 Å². The Hall–Kier alpha value is -4.51. The Morgan fingerprint density at radius 1 is 1.19 bits per heavy atom. The number of benzene rings is 2. The number of fused-ring (bicyclic) bond motifs is 1. The first-order valence-corrected chi connectivity index (χ1v) is 11.7. The number of para-hydroxylation sites is 1. The Balaban J connectivity index is 1.75. The molecule has 2 aromatic heterocycles. The number of hydrogen-bond donors (Lipinski definition) is 4. The van der Waals surface area contributed by atoms with Gasteiger partial charge in [-0.15, -0.1) is 0 Å². The molecule has 0 aliphatic carbocycles. The summed E-state index contributed by atoms with van der Waals surface area (Å²) in [6.45, 7) is 1.69. The highest BCUT2D eigenvalue weighted by Crippen LogP contribution is 2.37. The molecule has 0 atom stereocenters. The highest BCUT2D eigenvalue weighted by molar-refractivity contribution is 6.06. The van der Waals surface area contributed by atoms with Gasteiger partial charge in [0.15, 0.2) is 5.84 Å². The second-order valence-electron chi connectivity index (χ2n) is 9.07. The molecule has 0 bridgehead atoms. The Morgan fingerprint density at radius 2 is 1.95 bits per heavy atom. The van der Waals surface area contributed by atoms with Gasteiger partial charge in [-0.25, -0.2) is 9.97 Å². The van der Waals surface area contributed by atoms with Crippen molar-refractivity contribution >= 4 is 39.7 Å². The van der Waals surface area contributed by atoms with E-state index in [1.807, 2.05) is 69.3 Å². The third kappa shape index (κ3) is 5.21. The molecule has 37 heavy (non-hydrogen) atoms. The van der Waals surface area contributed by atoms with E-state index < -0.39 is 0 Å². The second kappa shape index (κ2) is 10.6. The molecule has 4 aromatic rings. The van der Waals surface area contributed by atoms with Crippen LogP contribution >= 0.6 is 0 Å². The van der Waals surface area contributed by atoms with Gasteiger partial charge in [-0.3, -0.25) is 0 Å². The Bertz CT molecular complexity index is 1450. The standard InChI is InChI=1S/C26H33N9O2/c1-33(2)10-11-34(3)22-13-23(37-5)20(12-19(22)27)30-26-29-14-17(25(28)32-36)24(31-26)18-15-35(4)21-9-7-6-8-16(18)21/h6-9,12-15,36H,10-11,27H2,1-5H3,(H2,28,32)(H,29,30,31). The normalized spacial score (nSPS) is 11.8. The van der Waals surface area contributed by atoms with Crippen molar-refractivity contribution in [2.45, 2.75) is 0 Å². The fraction of sp³-hybridized carbons (Fsp3) is 0.269. The van der Waals surface area contributed by atoms with Crippen molar-refractivity contribution in [2.24, 2.45) is 17.9 Å². The van der Waals surface area contributed by atoms with E-state index in [2.05, 4.69) is 25.3 Å². The van der Waals surface area contributed by atoms with E-state index in [0.717, 1.165) is 35.2 Å². The van der Waals surface area contributed by atoms with E-state index in [1.54, 1.807) is 13.2 Å². The number of ether oxygens (including phenoxy) is 1. The Labute approximate surface area is 216 Å². The van der Waals surface area contributed by atoms with E-state index >= 15 is 0 Å². The van der Waals surface area contributed by atoms with Crippen LogP contribution in [0.3, 0.4) is 0 Å². The second-order valence-corrected chi connectivity index (χ2v) is 9.07. The summed E-state index contributed by atoms with van der Waals surface area (Å²) >= 11 is 0. The van der Waals surface area contributed by atoms with E-state index in [9.17, 15) is 5.21 Å². The molecular formula is C26H33N9O2. The third-order valence-electron chi connectivity index (χ3n) is 6.21. The number of nitrogens with two attached hydrogens (primary N) is 2. The monoisotopic (exact) mass is 503 g/mol. The van der Waals surface area contributed by atoms with Crippen molar-refractivity contribution in [3.05, 3.63) is 54.4 Å². The van der Waals surface area contributed by atoms with Gasteiger partial charge >= 0.3 is 0 Å². The van der Waals surface area contributed by atoms with Gasteiger partial charge in [0.25, 0.3) is 0 Å². The predicted molar refractivity (Wildman–Crippen MR) is 149 cm³/mol. The molecule has 0 saturated carbocycles. The third-order valence-corrected chi connectivity index (χ3v) is 6.21. The number of rotatable bonds is 9. The van der Waals surface area contributed by atoms with E-state index in [0.29, 0.717) is 34.3 Å². The van der Waals surface area contributed by atoms with Crippen molar-refractivity contribution in [1.82, 2.24) is 19.4 Å². The van der Waals surface area contributed by atoms with Gasteiger partial charge in [-0.2, -0.15) is 0 Å². The van der Waals surface area contributed by atoms with Crippen LogP contribution in [0.25, 0.3) is 22.2 Å². The first-order valence-electron chi connectivity index (χ1n) is 11.7. The predicted octanol–water partition coefficient (Wildman–Crippen LogP) is 3.06. The lowest BCUT2D eigenvalue weighted by Crippen LogP contribution is -2.29. The lowest BCUT2D eigenvalue weighted by atomic mass is 10.1. The minimum Gasteiger partial charge on any atom is -0.494 e. The zero-order valence-corrected chi connectivity index (χ0v) is 21.7. The molecule has 6 N–H and O–H groups in total. The zero-order valence-electron chi connectivity index (χ0n) is 21.7. The molecule has 0 aliphatic heterocycles. The number of nitrogen functional groups attached to an aromatic ring is 1. The largest absolute Gasteiger partial charge is 0.494 e. The lowest BCUT2D eigenvalue weighted by Gasteiger charge is -2.24. The molecule has 4 rings (SSSR count). The quantitative estimate of drug-likeness (QED) is 0.0891. The fourth-order valence-electron chi connectivity index (χ4n) is 4.19. The van der Waals surface area contributed by atoms with Gasteiger partial charge < -0.3 is 41.1 Å². The number of oxime groups is 1. The van der Waals surface area contributed by atoms with Crippen LogP contribution in [0.1, 0.15) is 5.56 Å². The van der Waals surface area contributed by atoms with Crippen LogP contribution in [-0.2, 0) is 7.05 Å². The number of hydrogen-bond acceptors (Lipinski definition) is 9. The number of aryl methyl sites for hydroxylation is 1. The molecule has 11 heteroatoms. The summed E-state index contributed by atoms with van der Waals surface area (Å²) in [4.78, 5) is 13.4. The minimum atomic E-state index is -0.0820. The van der Waals surface area contributed by atoms with Crippen molar-refractivity contribution < 1.29 is 9.94 Å². The minimum absolute atomic E-state index is 0.0820. The summed E-state index contributed by atoms with van der Waals surface area (Å²) in [7, 11) is 9.61. The maximum atomic E-state index is 9.37. The number of likely N-dealkylation sites (N-methyl/N-ethyl adjacent to an activating group) is 2. The molecule has 0 radical (unpaired) electrons. The molecule has 0 aliphatic rings. The lowest BCUT2D eigenvalue weighted by molar-refractivity contribution is 0.318. The van der Waals surface area contributed by atoms with Gasteiger partial charge in [0.1, 0.15) is 5.75 Å². The number of amidine groups is 1. The van der Waals surface area contributed by atoms with Crippen LogP contribution in [0.2, 0.25) is 0 Å². The molecule has 0 unspecified atom stereocenters. The average Bonchev–Trinajstić information content (AvgIpc) is 3.23. The molecule has 194 valence electrons. The molecule has 2 heterocycles. The van der Waals surface area contributed by atoms with Crippen LogP contribution in [0, 0.1) is 0 Å². The highest BCUT2D eigenvalue weighted by atomic mass is 16.5. The fourth-order valence-corrected chi connectivity index (χ4v) is 4.19. The van der Waals surface area contributed by atoms with Crippen LogP contribution in [0.15, 0.2) is 53.9 Å². The zero-order chi connectivity index (χ0) is 26.7. The van der Waals surface area contributed by atoms with Gasteiger partial charge in [-0.1, -0.05) is 23.4 Å². The number of anilines is 4.